The summed E-state index contributed by atoms with van der Waals surface area (Å²) in [6.07, 6.45) is 0.777. The standard InChI is InChI=1S/C30H38N4O9/c1-4-41-28(39)30(11-6-12-30)43-24-18-23(31-22-17-19(3)7-8-20(22)24)26(37)32-21(9-10-25(35)36)27(38)33-13-15-34(16-14-33)29(40)42-5-2/h7-8,17-18,21H,4-6,9-16H2,1-3H3,(H,32,37)(H,35,36). The van der Waals surface area contributed by atoms with E-state index in [2.05, 4.69) is 10.3 Å². The molecule has 0 bridgehead atoms. The lowest BCUT2D eigenvalue weighted by Gasteiger charge is -2.39. The Bertz CT molecular complexity index is 1380. The fraction of sp³-hybridized carbons (Fsp3) is 0.533. The zero-order valence-electron chi connectivity index (χ0n) is 24.7. The monoisotopic (exact) mass is 598 g/mol. The molecule has 0 spiro atoms. The highest BCUT2D eigenvalue weighted by atomic mass is 16.6. The number of piperazine rings is 1. The molecule has 2 aromatic rings. The number of aryl methyl sites for hydroxylation is 1. The molecule has 1 aromatic carbocycles. The second kappa shape index (κ2) is 13.7. The smallest absolute Gasteiger partial charge is 0.409 e. The highest BCUT2D eigenvalue weighted by Gasteiger charge is 2.48. The van der Waals surface area contributed by atoms with E-state index in [9.17, 15) is 29.1 Å². The molecule has 1 aliphatic heterocycles. The molecule has 2 aliphatic rings. The van der Waals surface area contributed by atoms with Crippen molar-refractivity contribution in [2.24, 2.45) is 0 Å². The first kappa shape index (κ1) is 31.5. The number of carboxylic acids is 1. The lowest BCUT2D eigenvalue weighted by molar-refractivity contribution is -0.169. The lowest BCUT2D eigenvalue weighted by Crippen LogP contribution is -2.56. The van der Waals surface area contributed by atoms with Crippen LogP contribution in [0.25, 0.3) is 10.9 Å². The fourth-order valence-electron chi connectivity index (χ4n) is 5.13. The molecule has 1 aromatic heterocycles. The fourth-order valence-corrected chi connectivity index (χ4v) is 5.13. The van der Waals surface area contributed by atoms with E-state index in [1.54, 1.807) is 26.0 Å². The van der Waals surface area contributed by atoms with Gasteiger partial charge in [-0.15, -0.1) is 0 Å². The van der Waals surface area contributed by atoms with Crippen LogP contribution in [0.15, 0.2) is 24.3 Å². The second-order valence-electron chi connectivity index (χ2n) is 10.7. The molecule has 1 saturated carbocycles. The van der Waals surface area contributed by atoms with Crippen molar-refractivity contribution in [2.45, 2.75) is 64.5 Å². The zero-order chi connectivity index (χ0) is 31.1. The minimum Gasteiger partial charge on any atom is -0.481 e. The van der Waals surface area contributed by atoms with Crippen LogP contribution in [0.4, 0.5) is 4.79 Å². The molecule has 4 rings (SSSR count). The summed E-state index contributed by atoms with van der Waals surface area (Å²) in [5, 5.41) is 12.6. The van der Waals surface area contributed by atoms with Crippen LogP contribution in [-0.4, -0.2) is 101 Å². The van der Waals surface area contributed by atoms with Crippen molar-refractivity contribution in [3.63, 3.8) is 0 Å². The third-order valence-corrected chi connectivity index (χ3v) is 7.64. The summed E-state index contributed by atoms with van der Waals surface area (Å²) < 4.78 is 16.6. The third-order valence-electron chi connectivity index (χ3n) is 7.64. The van der Waals surface area contributed by atoms with Gasteiger partial charge in [-0.05, 0) is 64.2 Å². The molecule has 1 aliphatic carbocycles. The average molecular weight is 599 g/mol. The maximum atomic E-state index is 13.6. The van der Waals surface area contributed by atoms with Gasteiger partial charge >= 0.3 is 18.0 Å². The Labute approximate surface area is 249 Å². The van der Waals surface area contributed by atoms with Crippen LogP contribution in [0, 0.1) is 6.92 Å². The van der Waals surface area contributed by atoms with Crippen molar-refractivity contribution in [1.29, 1.82) is 0 Å². The number of benzene rings is 1. The number of nitrogens with zero attached hydrogens (tertiary/aromatic N) is 3. The van der Waals surface area contributed by atoms with Crippen LogP contribution in [0.3, 0.4) is 0 Å². The summed E-state index contributed by atoms with van der Waals surface area (Å²) in [5.74, 6) is -2.44. The summed E-state index contributed by atoms with van der Waals surface area (Å²) in [4.78, 5) is 70.7. The number of carboxylic acid groups (broad SMARTS) is 1. The topological polar surface area (TPSA) is 165 Å². The number of amides is 3. The van der Waals surface area contributed by atoms with Crippen molar-refractivity contribution in [3.8, 4) is 5.75 Å². The van der Waals surface area contributed by atoms with Crippen LogP contribution in [0.5, 0.6) is 5.75 Å². The number of nitrogens with one attached hydrogen (secondary N) is 1. The van der Waals surface area contributed by atoms with Gasteiger partial charge in [0.1, 0.15) is 17.5 Å². The van der Waals surface area contributed by atoms with Gasteiger partial charge in [-0.3, -0.25) is 14.4 Å². The Kier molecular flexibility index (Phi) is 10.0. The number of fused-ring (bicyclic) bond motifs is 1. The number of rotatable bonds is 11. The molecule has 2 heterocycles. The molecule has 2 N–H and O–H groups in total. The van der Waals surface area contributed by atoms with Crippen LogP contribution >= 0.6 is 0 Å². The summed E-state index contributed by atoms with van der Waals surface area (Å²) >= 11 is 0. The first-order chi connectivity index (χ1) is 20.6. The summed E-state index contributed by atoms with van der Waals surface area (Å²) in [6.45, 7) is 6.66. The average Bonchev–Trinajstić information content (AvgIpc) is 2.96. The Morgan fingerprint density at radius 1 is 1.00 bits per heavy atom. The molecule has 43 heavy (non-hydrogen) atoms. The quantitative estimate of drug-likeness (QED) is 0.368. The second-order valence-corrected chi connectivity index (χ2v) is 10.7. The van der Waals surface area contributed by atoms with Gasteiger partial charge in [0.2, 0.25) is 11.5 Å². The summed E-state index contributed by atoms with van der Waals surface area (Å²) in [6, 6.07) is 5.75. The highest BCUT2D eigenvalue weighted by Crippen LogP contribution is 2.40. The van der Waals surface area contributed by atoms with Gasteiger partial charge in [0.15, 0.2) is 0 Å². The van der Waals surface area contributed by atoms with Gasteiger partial charge in [-0.1, -0.05) is 6.07 Å². The Morgan fingerprint density at radius 2 is 1.67 bits per heavy atom. The molecule has 1 unspecified atom stereocenters. The Morgan fingerprint density at radius 3 is 2.28 bits per heavy atom. The van der Waals surface area contributed by atoms with E-state index in [4.69, 9.17) is 14.2 Å². The maximum Gasteiger partial charge on any atom is 0.409 e. The molecular weight excluding hydrogens is 560 g/mol. The van der Waals surface area contributed by atoms with Gasteiger partial charge in [0, 0.05) is 44.1 Å². The zero-order valence-corrected chi connectivity index (χ0v) is 24.7. The number of ether oxygens (including phenoxy) is 3. The molecule has 2 fully saturated rings. The van der Waals surface area contributed by atoms with Crippen LogP contribution in [-0.2, 0) is 23.9 Å². The number of aliphatic carboxylic acids is 1. The highest BCUT2D eigenvalue weighted by molar-refractivity contribution is 5.99. The Balaban J connectivity index is 1.57. The van der Waals surface area contributed by atoms with Crippen molar-refractivity contribution in [3.05, 3.63) is 35.5 Å². The van der Waals surface area contributed by atoms with Crippen LogP contribution < -0.4 is 10.1 Å². The number of esters is 1. The molecule has 3 amide bonds. The van der Waals surface area contributed by atoms with Gasteiger partial charge in [-0.25, -0.2) is 14.6 Å². The van der Waals surface area contributed by atoms with Gasteiger partial charge < -0.3 is 34.4 Å². The first-order valence-electron chi connectivity index (χ1n) is 14.6. The molecule has 1 saturated heterocycles. The van der Waals surface area contributed by atoms with Crippen molar-refractivity contribution in [2.75, 3.05) is 39.4 Å². The van der Waals surface area contributed by atoms with Crippen molar-refractivity contribution >= 4 is 40.7 Å². The summed E-state index contributed by atoms with van der Waals surface area (Å²) in [5.41, 5.74) is 0.147. The van der Waals surface area contributed by atoms with E-state index < -0.39 is 41.5 Å². The molecule has 232 valence electrons. The lowest BCUT2D eigenvalue weighted by atomic mass is 9.80. The van der Waals surface area contributed by atoms with Gasteiger partial charge in [0.25, 0.3) is 5.91 Å². The maximum absolute atomic E-state index is 13.6. The minimum atomic E-state index is -1.16. The van der Waals surface area contributed by atoms with E-state index in [1.807, 2.05) is 13.0 Å². The van der Waals surface area contributed by atoms with Gasteiger partial charge in [0.05, 0.1) is 18.7 Å². The predicted molar refractivity (Wildman–Crippen MR) is 154 cm³/mol. The predicted octanol–water partition coefficient (Wildman–Crippen LogP) is 2.67. The van der Waals surface area contributed by atoms with E-state index in [1.165, 1.54) is 15.9 Å². The first-order valence-corrected chi connectivity index (χ1v) is 14.6. The van der Waals surface area contributed by atoms with E-state index >= 15 is 0 Å². The number of hydrogen-bond donors (Lipinski definition) is 2. The van der Waals surface area contributed by atoms with Gasteiger partial charge in [-0.2, -0.15) is 0 Å². The minimum absolute atomic E-state index is 0.0494. The number of aromatic nitrogens is 1. The van der Waals surface area contributed by atoms with Crippen molar-refractivity contribution < 1.29 is 43.3 Å². The molecular formula is C30H38N4O9. The SMILES string of the molecule is CCOC(=O)N1CCN(C(=O)C(CCC(=O)O)NC(=O)c2cc(OC3(C(=O)OCC)CCC3)c3ccc(C)cc3n2)CC1. The van der Waals surface area contributed by atoms with E-state index in [0.717, 1.165) is 12.0 Å². The molecule has 1 atom stereocenters. The third kappa shape index (κ3) is 7.33. The van der Waals surface area contributed by atoms with Crippen molar-refractivity contribution in [1.82, 2.24) is 20.1 Å². The molecule has 13 heteroatoms. The molecule has 13 nitrogen and oxygen atoms in total. The van der Waals surface area contributed by atoms with E-state index in [-0.39, 0.29) is 63.7 Å². The normalized spacial score (nSPS) is 16.5. The Hall–Kier alpha value is -4.42. The largest absolute Gasteiger partial charge is 0.481 e. The van der Waals surface area contributed by atoms with Crippen LogP contribution in [0.2, 0.25) is 0 Å². The summed E-state index contributed by atoms with van der Waals surface area (Å²) in [7, 11) is 0. The number of pyridine rings is 1. The number of hydrogen-bond acceptors (Lipinski definition) is 9. The van der Waals surface area contributed by atoms with Crippen LogP contribution in [0.1, 0.15) is 62.0 Å². The number of carbonyl (C=O) groups excluding carboxylic acids is 4. The molecule has 0 radical (unpaired) electrons. The van der Waals surface area contributed by atoms with E-state index in [0.29, 0.717) is 23.7 Å². The number of carbonyl (C=O) groups is 5.